The molecule has 0 saturated carbocycles. The molecule has 3 heteroatoms. The molecular formula is C11H18N2O. The van der Waals surface area contributed by atoms with E-state index in [-0.39, 0.29) is 5.91 Å². The lowest BCUT2D eigenvalue weighted by molar-refractivity contribution is -0.138. The van der Waals surface area contributed by atoms with Crippen LogP contribution < -0.4 is 0 Å². The number of nitrogens with zero attached hydrogens (tertiary/aromatic N) is 2. The minimum absolute atomic E-state index is 0.0440. The van der Waals surface area contributed by atoms with Gasteiger partial charge >= 0.3 is 0 Å². The van der Waals surface area contributed by atoms with E-state index in [1.165, 1.54) is 0 Å². The second kappa shape index (κ2) is 4.45. The third kappa shape index (κ3) is 1.75. The Labute approximate surface area is 85.7 Å². The predicted molar refractivity (Wildman–Crippen MR) is 54.4 cm³/mol. The fourth-order valence-electron chi connectivity index (χ4n) is 1.98. The number of amides is 1. The van der Waals surface area contributed by atoms with Crippen molar-refractivity contribution in [1.82, 2.24) is 4.90 Å². The fraction of sp³-hybridized carbons (Fsp3) is 0.818. The van der Waals surface area contributed by atoms with Crippen molar-refractivity contribution < 1.29 is 4.79 Å². The van der Waals surface area contributed by atoms with Crippen molar-refractivity contribution in [1.29, 1.82) is 5.26 Å². The Morgan fingerprint density at radius 3 is 2.21 bits per heavy atom. The van der Waals surface area contributed by atoms with E-state index in [1.54, 1.807) is 0 Å². The maximum Gasteiger partial charge on any atom is 0.243 e. The van der Waals surface area contributed by atoms with Crippen molar-refractivity contribution in [2.45, 2.75) is 39.5 Å². The number of likely N-dealkylation sites (tertiary alicyclic amines) is 1. The first-order valence-corrected chi connectivity index (χ1v) is 5.41. The van der Waals surface area contributed by atoms with Gasteiger partial charge in [0, 0.05) is 13.1 Å². The molecule has 0 spiro atoms. The Morgan fingerprint density at radius 2 is 1.86 bits per heavy atom. The molecule has 0 bridgehead atoms. The summed E-state index contributed by atoms with van der Waals surface area (Å²) in [5, 5.41) is 9.11. The van der Waals surface area contributed by atoms with Crippen molar-refractivity contribution in [3.63, 3.8) is 0 Å². The highest BCUT2D eigenvalue weighted by atomic mass is 16.2. The van der Waals surface area contributed by atoms with Crippen LogP contribution in [0.5, 0.6) is 0 Å². The van der Waals surface area contributed by atoms with Gasteiger partial charge in [0.2, 0.25) is 5.91 Å². The number of carbonyl (C=O) groups excluding carboxylic acids is 1. The van der Waals surface area contributed by atoms with Gasteiger partial charge in [-0.3, -0.25) is 4.79 Å². The van der Waals surface area contributed by atoms with Gasteiger partial charge in [-0.25, -0.2) is 0 Å². The molecule has 0 aromatic rings. The van der Waals surface area contributed by atoms with E-state index in [9.17, 15) is 4.79 Å². The molecule has 1 saturated heterocycles. The quantitative estimate of drug-likeness (QED) is 0.689. The van der Waals surface area contributed by atoms with Gasteiger partial charge in [0.1, 0.15) is 5.41 Å². The van der Waals surface area contributed by atoms with Crippen molar-refractivity contribution in [3.8, 4) is 6.07 Å². The molecule has 0 radical (unpaired) electrons. The lowest BCUT2D eigenvalue weighted by atomic mass is 9.82. The summed E-state index contributed by atoms with van der Waals surface area (Å²) >= 11 is 0. The average Bonchev–Trinajstić information content (AvgIpc) is 2.74. The molecular weight excluding hydrogens is 176 g/mol. The lowest BCUT2D eigenvalue weighted by Gasteiger charge is -2.27. The Hall–Kier alpha value is -1.04. The first-order valence-electron chi connectivity index (χ1n) is 5.41. The largest absolute Gasteiger partial charge is 0.341 e. The molecule has 0 aliphatic carbocycles. The van der Waals surface area contributed by atoms with E-state index in [0.29, 0.717) is 12.8 Å². The second-order valence-electron chi connectivity index (χ2n) is 3.90. The minimum Gasteiger partial charge on any atom is -0.341 e. The monoisotopic (exact) mass is 194 g/mol. The molecule has 0 aromatic heterocycles. The van der Waals surface area contributed by atoms with Gasteiger partial charge in [0.05, 0.1) is 6.07 Å². The van der Waals surface area contributed by atoms with Crippen LogP contribution in [0.15, 0.2) is 0 Å². The van der Waals surface area contributed by atoms with Crippen LogP contribution in [0.25, 0.3) is 0 Å². The SMILES string of the molecule is CCC(C#N)(CC)C(=O)N1CCCC1. The summed E-state index contributed by atoms with van der Waals surface area (Å²) in [7, 11) is 0. The summed E-state index contributed by atoms with van der Waals surface area (Å²) in [5.74, 6) is 0.0440. The first kappa shape index (κ1) is 11.0. The third-order valence-electron chi connectivity index (χ3n) is 3.22. The highest BCUT2D eigenvalue weighted by Crippen LogP contribution is 2.29. The van der Waals surface area contributed by atoms with E-state index in [1.807, 2.05) is 18.7 Å². The topological polar surface area (TPSA) is 44.1 Å². The van der Waals surface area contributed by atoms with E-state index in [0.717, 1.165) is 25.9 Å². The Bertz CT molecular complexity index is 245. The second-order valence-corrected chi connectivity index (χ2v) is 3.90. The van der Waals surface area contributed by atoms with Gasteiger partial charge in [-0.15, -0.1) is 0 Å². The van der Waals surface area contributed by atoms with Gasteiger partial charge in [0.25, 0.3) is 0 Å². The van der Waals surface area contributed by atoms with Crippen LogP contribution >= 0.6 is 0 Å². The fourth-order valence-corrected chi connectivity index (χ4v) is 1.98. The molecule has 78 valence electrons. The minimum atomic E-state index is -0.760. The number of rotatable bonds is 3. The van der Waals surface area contributed by atoms with Gasteiger partial charge < -0.3 is 4.90 Å². The molecule has 1 rings (SSSR count). The van der Waals surface area contributed by atoms with Gasteiger partial charge in [-0.1, -0.05) is 13.8 Å². The van der Waals surface area contributed by atoms with E-state index < -0.39 is 5.41 Å². The van der Waals surface area contributed by atoms with E-state index >= 15 is 0 Å². The van der Waals surface area contributed by atoms with Crippen LogP contribution in [-0.2, 0) is 4.79 Å². The summed E-state index contributed by atoms with van der Waals surface area (Å²) in [6, 6.07) is 2.20. The number of hydrogen-bond donors (Lipinski definition) is 0. The molecule has 0 aromatic carbocycles. The number of nitriles is 1. The zero-order valence-electron chi connectivity index (χ0n) is 9.05. The van der Waals surface area contributed by atoms with E-state index in [4.69, 9.17) is 5.26 Å². The molecule has 1 heterocycles. The van der Waals surface area contributed by atoms with Crippen LogP contribution in [0.1, 0.15) is 39.5 Å². The van der Waals surface area contributed by atoms with Crippen molar-refractivity contribution in [2.24, 2.45) is 5.41 Å². The normalized spacial score (nSPS) is 16.8. The van der Waals surface area contributed by atoms with Gasteiger partial charge in [-0.2, -0.15) is 5.26 Å². The zero-order chi connectivity index (χ0) is 10.6. The predicted octanol–water partition coefficient (Wildman–Crippen LogP) is 1.94. The molecule has 1 amide bonds. The molecule has 3 nitrogen and oxygen atoms in total. The maximum absolute atomic E-state index is 12.1. The molecule has 0 unspecified atom stereocenters. The molecule has 14 heavy (non-hydrogen) atoms. The van der Waals surface area contributed by atoms with Crippen LogP contribution in [0.4, 0.5) is 0 Å². The highest BCUT2D eigenvalue weighted by Gasteiger charge is 2.38. The van der Waals surface area contributed by atoms with Crippen LogP contribution in [0.3, 0.4) is 0 Å². The Morgan fingerprint density at radius 1 is 1.36 bits per heavy atom. The third-order valence-corrected chi connectivity index (χ3v) is 3.22. The molecule has 0 N–H and O–H groups in total. The summed E-state index contributed by atoms with van der Waals surface area (Å²) in [4.78, 5) is 13.9. The zero-order valence-corrected chi connectivity index (χ0v) is 9.05. The van der Waals surface area contributed by atoms with Crippen molar-refractivity contribution in [3.05, 3.63) is 0 Å². The molecule has 1 aliphatic heterocycles. The maximum atomic E-state index is 12.1. The van der Waals surface area contributed by atoms with E-state index in [2.05, 4.69) is 6.07 Å². The van der Waals surface area contributed by atoms with Crippen LogP contribution in [-0.4, -0.2) is 23.9 Å². The Balaban J connectivity index is 2.78. The standard InChI is InChI=1S/C11H18N2O/c1-3-11(4-2,9-12)10(14)13-7-5-6-8-13/h3-8H2,1-2H3. The molecule has 0 atom stereocenters. The van der Waals surface area contributed by atoms with Crippen molar-refractivity contribution in [2.75, 3.05) is 13.1 Å². The van der Waals surface area contributed by atoms with Crippen molar-refractivity contribution >= 4 is 5.91 Å². The number of hydrogen-bond acceptors (Lipinski definition) is 2. The van der Waals surface area contributed by atoms with Crippen LogP contribution in [0, 0.1) is 16.7 Å². The summed E-state index contributed by atoms with van der Waals surface area (Å²) < 4.78 is 0. The first-order chi connectivity index (χ1) is 6.70. The summed E-state index contributed by atoms with van der Waals surface area (Å²) in [5.41, 5.74) is -0.760. The Kier molecular flexibility index (Phi) is 3.51. The van der Waals surface area contributed by atoms with Gasteiger partial charge in [0.15, 0.2) is 0 Å². The lowest BCUT2D eigenvalue weighted by Crippen LogP contribution is -2.41. The van der Waals surface area contributed by atoms with Crippen LogP contribution in [0.2, 0.25) is 0 Å². The smallest absolute Gasteiger partial charge is 0.243 e. The molecule has 1 fully saturated rings. The van der Waals surface area contributed by atoms with Gasteiger partial charge in [-0.05, 0) is 25.7 Å². The highest BCUT2D eigenvalue weighted by molar-refractivity contribution is 5.85. The molecule has 1 aliphatic rings. The summed E-state index contributed by atoms with van der Waals surface area (Å²) in [6.07, 6.45) is 3.41. The number of carbonyl (C=O) groups is 1. The summed E-state index contributed by atoms with van der Waals surface area (Å²) in [6.45, 7) is 5.51. The average molecular weight is 194 g/mol.